The van der Waals surface area contributed by atoms with Gasteiger partial charge in [-0.1, -0.05) is 57.8 Å². The van der Waals surface area contributed by atoms with Gasteiger partial charge in [-0.15, -0.1) is 0 Å². The molecular formula is C19H13Cl3F3N3OS. The lowest BCUT2D eigenvalue weighted by Crippen LogP contribution is -2.09. The van der Waals surface area contributed by atoms with Gasteiger partial charge in [0.2, 0.25) is 0 Å². The summed E-state index contributed by atoms with van der Waals surface area (Å²) in [5, 5.41) is 8.84. The quantitative estimate of drug-likeness (QED) is 0.271. The zero-order valence-corrected chi connectivity index (χ0v) is 18.3. The highest BCUT2D eigenvalue weighted by Crippen LogP contribution is 2.37. The fourth-order valence-corrected chi connectivity index (χ4v) is 3.79. The molecule has 0 unspecified atom stereocenters. The van der Waals surface area contributed by atoms with Crippen molar-refractivity contribution in [3.63, 3.8) is 0 Å². The summed E-state index contributed by atoms with van der Waals surface area (Å²) >= 11 is 18.8. The number of benzene rings is 2. The van der Waals surface area contributed by atoms with Crippen LogP contribution in [0.4, 0.5) is 13.2 Å². The Morgan fingerprint density at radius 3 is 2.43 bits per heavy atom. The Balaban J connectivity index is 1.84. The minimum absolute atomic E-state index is 0.00859. The van der Waals surface area contributed by atoms with E-state index < -0.39 is 11.9 Å². The van der Waals surface area contributed by atoms with Crippen molar-refractivity contribution in [2.45, 2.75) is 22.7 Å². The molecule has 2 aromatic carbocycles. The maximum absolute atomic E-state index is 13.5. The average molecular weight is 495 g/mol. The van der Waals surface area contributed by atoms with Crippen molar-refractivity contribution in [1.82, 2.24) is 9.78 Å². The molecule has 11 heteroatoms. The Morgan fingerprint density at radius 2 is 1.80 bits per heavy atom. The molecular weight excluding hydrogens is 482 g/mol. The van der Waals surface area contributed by atoms with E-state index in [4.69, 9.17) is 39.6 Å². The zero-order valence-electron chi connectivity index (χ0n) is 15.3. The molecule has 0 atom stereocenters. The van der Waals surface area contributed by atoms with E-state index >= 15 is 0 Å². The van der Waals surface area contributed by atoms with Gasteiger partial charge in [0.05, 0.1) is 21.8 Å². The number of aromatic nitrogens is 2. The molecule has 0 aliphatic heterocycles. The Kier molecular flexibility index (Phi) is 7.23. The molecule has 1 aromatic heterocycles. The van der Waals surface area contributed by atoms with Gasteiger partial charge in [0.15, 0.2) is 5.69 Å². The molecule has 0 saturated heterocycles. The van der Waals surface area contributed by atoms with Crippen LogP contribution in [0.2, 0.25) is 15.1 Å². The molecule has 1 heterocycles. The summed E-state index contributed by atoms with van der Waals surface area (Å²) in [4.78, 5) is 5.85. The third kappa shape index (κ3) is 5.63. The van der Waals surface area contributed by atoms with Crippen LogP contribution >= 0.6 is 46.6 Å². The van der Waals surface area contributed by atoms with Gasteiger partial charge < -0.3 is 4.84 Å². The summed E-state index contributed by atoms with van der Waals surface area (Å²) in [6.45, 7) is 0.00859. The molecule has 0 bridgehead atoms. The Morgan fingerprint density at radius 1 is 1.10 bits per heavy atom. The highest BCUT2D eigenvalue weighted by Gasteiger charge is 2.38. The Bertz CT molecular complexity index is 1070. The first-order valence-electron chi connectivity index (χ1n) is 8.32. The number of alkyl halides is 3. The van der Waals surface area contributed by atoms with Gasteiger partial charge in [-0.3, -0.25) is 4.68 Å². The molecule has 3 aromatic rings. The van der Waals surface area contributed by atoms with E-state index in [1.54, 1.807) is 42.5 Å². The number of aryl methyl sites for hydroxylation is 1. The van der Waals surface area contributed by atoms with Crippen molar-refractivity contribution in [3.05, 3.63) is 74.4 Å². The summed E-state index contributed by atoms with van der Waals surface area (Å²) < 4.78 is 41.5. The molecule has 0 radical (unpaired) electrons. The van der Waals surface area contributed by atoms with Gasteiger partial charge in [0, 0.05) is 17.0 Å². The molecule has 4 nitrogen and oxygen atoms in total. The van der Waals surface area contributed by atoms with Gasteiger partial charge in [0.25, 0.3) is 0 Å². The van der Waals surface area contributed by atoms with Gasteiger partial charge in [-0.25, -0.2) is 0 Å². The van der Waals surface area contributed by atoms with Crippen LogP contribution in [0.15, 0.2) is 57.5 Å². The van der Waals surface area contributed by atoms with Crippen LogP contribution in [0.25, 0.3) is 0 Å². The summed E-state index contributed by atoms with van der Waals surface area (Å²) in [5.41, 5.74) is -0.581. The van der Waals surface area contributed by atoms with E-state index in [1.807, 2.05) is 0 Å². The van der Waals surface area contributed by atoms with Crippen LogP contribution in [0.3, 0.4) is 0 Å². The maximum Gasteiger partial charge on any atom is 0.435 e. The third-order valence-electron chi connectivity index (χ3n) is 3.80. The van der Waals surface area contributed by atoms with E-state index in [9.17, 15) is 13.2 Å². The first kappa shape index (κ1) is 22.8. The van der Waals surface area contributed by atoms with Crippen LogP contribution in [-0.2, 0) is 24.7 Å². The lowest BCUT2D eigenvalue weighted by atomic mass is 10.2. The first-order chi connectivity index (χ1) is 14.1. The largest absolute Gasteiger partial charge is 0.435 e. The number of hydrogen-bond donors (Lipinski definition) is 0. The fraction of sp³-hybridized carbons (Fsp3) is 0.158. The van der Waals surface area contributed by atoms with Crippen molar-refractivity contribution in [2.24, 2.45) is 12.2 Å². The molecule has 3 rings (SSSR count). The standard InChI is InChI=1S/C19H13Cl3F3N3OS/c1-28-18(30-13-5-3-12(20)4-6-13)14(17(27-28)19(23,24)25)9-26-29-10-11-2-7-15(21)16(22)8-11/h2-9H,10H2,1H3/b26-9+. The number of nitrogens with zero attached hydrogens (tertiary/aromatic N) is 3. The molecule has 0 N–H and O–H groups in total. The normalized spacial score (nSPS) is 12.0. The molecule has 0 amide bonds. The van der Waals surface area contributed by atoms with Gasteiger partial charge in [-0.05, 0) is 42.0 Å². The zero-order chi connectivity index (χ0) is 21.9. The highest BCUT2D eigenvalue weighted by molar-refractivity contribution is 7.99. The molecule has 0 aliphatic carbocycles. The Hall–Kier alpha value is -1.87. The maximum atomic E-state index is 13.5. The lowest BCUT2D eigenvalue weighted by molar-refractivity contribution is -0.141. The van der Waals surface area contributed by atoms with Crippen molar-refractivity contribution >= 4 is 52.8 Å². The molecule has 158 valence electrons. The van der Waals surface area contributed by atoms with Crippen molar-refractivity contribution in [3.8, 4) is 0 Å². The summed E-state index contributed by atoms with van der Waals surface area (Å²) in [6, 6.07) is 11.6. The smallest absolute Gasteiger partial charge is 0.391 e. The number of hydrogen-bond acceptors (Lipinski definition) is 4. The van der Waals surface area contributed by atoms with E-state index in [-0.39, 0.29) is 17.2 Å². The second-order valence-electron chi connectivity index (χ2n) is 6.00. The lowest BCUT2D eigenvalue weighted by Gasteiger charge is -2.06. The van der Waals surface area contributed by atoms with Crippen LogP contribution < -0.4 is 0 Å². The van der Waals surface area contributed by atoms with Gasteiger partial charge in [0.1, 0.15) is 11.6 Å². The summed E-state index contributed by atoms with van der Waals surface area (Å²) in [6.07, 6.45) is -3.65. The molecule has 0 spiro atoms. The van der Waals surface area contributed by atoms with Crippen molar-refractivity contribution < 1.29 is 18.0 Å². The van der Waals surface area contributed by atoms with E-state index in [0.717, 1.165) is 22.7 Å². The molecule has 0 saturated carbocycles. The van der Waals surface area contributed by atoms with Crippen LogP contribution in [0.5, 0.6) is 0 Å². The molecule has 0 aliphatic rings. The van der Waals surface area contributed by atoms with Gasteiger partial charge >= 0.3 is 6.18 Å². The predicted molar refractivity (Wildman–Crippen MR) is 113 cm³/mol. The second-order valence-corrected chi connectivity index (χ2v) is 8.31. The fourth-order valence-electron chi connectivity index (χ4n) is 2.42. The minimum Gasteiger partial charge on any atom is -0.391 e. The van der Waals surface area contributed by atoms with Crippen molar-refractivity contribution in [2.75, 3.05) is 0 Å². The Labute approximate surface area is 189 Å². The number of oxime groups is 1. The molecule has 0 fully saturated rings. The second kappa shape index (κ2) is 9.51. The van der Waals surface area contributed by atoms with Crippen LogP contribution in [0.1, 0.15) is 16.8 Å². The predicted octanol–water partition coefficient (Wildman–Crippen LogP) is 7.10. The van der Waals surface area contributed by atoms with E-state index in [2.05, 4.69) is 10.3 Å². The van der Waals surface area contributed by atoms with Crippen molar-refractivity contribution in [1.29, 1.82) is 0 Å². The summed E-state index contributed by atoms with van der Waals surface area (Å²) in [5.74, 6) is 0. The SMILES string of the molecule is Cn1nc(C(F)(F)F)c(/C=N/OCc2ccc(Cl)c(Cl)c2)c1Sc1ccc(Cl)cc1. The van der Waals surface area contributed by atoms with Crippen LogP contribution in [-0.4, -0.2) is 16.0 Å². The molecule has 30 heavy (non-hydrogen) atoms. The minimum atomic E-state index is -4.65. The average Bonchev–Trinajstić information content (AvgIpc) is 2.99. The van der Waals surface area contributed by atoms with Crippen LogP contribution in [0, 0.1) is 0 Å². The van der Waals surface area contributed by atoms with E-state index in [1.165, 1.54) is 7.05 Å². The third-order valence-corrected chi connectivity index (χ3v) is 5.97. The monoisotopic (exact) mass is 493 g/mol. The van der Waals surface area contributed by atoms with E-state index in [0.29, 0.717) is 25.5 Å². The van der Waals surface area contributed by atoms with Gasteiger partial charge in [-0.2, -0.15) is 18.3 Å². The summed E-state index contributed by atoms with van der Waals surface area (Å²) in [7, 11) is 1.43. The first-order valence-corrected chi connectivity index (χ1v) is 10.3. The highest BCUT2D eigenvalue weighted by atomic mass is 35.5. The number of rotatable bonds is 6. The topological polar surface area (TPSA) is 39.4 Å². The number of halogens is 6.